The Hall–Kier alpha value is -1.25. The highest BCUT2D eigenvalue weighted by atomic mass is 16.5. The van der Waals surface area contributed by atoms with Gasteiger partial charge in [0.05, 0.1) is 0 Å². The van der Waals surface area contributed by atoms with Crippen LogP contribution < -0.4 is 5.73 Å². The summed E-state index contributed by atoms with van der Waals surface area (Å²) in [6, 6.07) is 1.83. The van der Waals surface area contributed by atoms with Gasteiger partial charge in [0.25, 0.3) is 0 Å². The van der Waals surface area contributed by atoms with Gasteiger partial charge in [0.1, 0.15) is 0 Å². The van der Waals surface area contributed by atoms with Crippen molar-refractivity contribution in [1.82, 2.24) is 5.16 Å². The molecule has 3 aliphatic rings. The molecule has 0 aliphatic heterocycles. The predicted molar refractivity (Wildman–Crippen MR) is 58.9 cm³/mol. The van der Waals surface area contributed by atoms with Crippen molar-refractivity contribution in [3.8, 4) is 0 Å². The minimum atomic E-state index is 0.422. The van der Waals surface area contributed by atoms with Crippen molar-refractivity contribution in [2.45, 2.75) is 26.7 Å². The van der Waals surface area contributed by atoms with Crippen molar-refractivity contribution in [2.24, 2.45) is 17.3 Å². The highest BCUT2D eigenvalue weighted by Gasteiger charge is 2.52. The maximum Gasteiger partial charge on any atom is 0.167 e. The van der Waals surface area contributed by atoms with Gasteiger partial charge >= 0.3 is 0 Å². The lowest BCUT2D eigenvalue weighted by Gasteiger charge is -2.55. The second kappa shape index (κ2) is 2.65. The number of hydrogen-bond donors (Lipinski definition) is 1. The number of rotatable bonds is 1. The standard InChI is InChI=1S/C12H16N2O/c1-12(2)7-3-4-8(9(12)5-7)10-6-11(13)14-15-10/h4,6-7,9H,3,5H2,1-2H3,(H2,13,14). The monoisotopic (exact) mass is 204 g/mol. The van der Waals surface area contributed by atoms with Crippen LogP contribution in [0.2, 0.25) is 0 Å². The molecule has 1 aromatic rings. The molecule has 2 bridgehead atoms. The minimum Gasteiger partial charge on any atom is -0.381 e. The van der Waals surface area contributed by atoms with Crippen LogP contribution >= 0.6 is 0 Å². The minimum absolute atomic E-state index is 0.422. The molecule has 1 fully saturated rings. The number of nitrogens with two attached hydrogens (primary N) is 1. The number of aromatic nitrogens is 1. The van der Waals surface area contributed by atoms with E-state index in [1.807, 2.05) is 6.07 Å². The molecule has 2 N–H and O–H groups in total. The average molecular weight is 204 g/mol. The van der Waals surface area contributed by atoms with Crippen LogP contribution in [-0.2, 0) is 0 Å². The average Bonchev–Trinajstić information content (AvgIpc) is 2.64. The molecule has 3 heteroatoms. The van der Waals surface area contributed by atoms with E-state index in [0.717, 1.165) is 11.7 Å². The predicted octanol–water partition coefficient (Wildman–Crippen LogP) is 2.71. The van der Waals surface area contributed by atoms with E-state index in [1.165, 1.54) is 18.4 Å². The number of nitrogens with zero attached hydrogens (tertiary/aromatic N) is 1. The van der Waals surface area contributed by atoms with Gasteiger partial charge in [-0.2, -0.15) is 0 Å². The van der Waals surface area contributed by atoms with Gasteiger partial charge in [0.15, 0.2) is 11.6 Å². The van der Waals surface area contributed by atoms with Crippen LogP contribution in [-0.4, -0.2) is 5.16 Å². The van der Waals surface area contributed by atoms with Crippen LogP contribution in [0.1, 0.15) is 32.4 Å². The molecule has 3 nitrogen and oxygen atoms in total. The molecule has 2 atom stereocenters. The first-order chi connectivity index (χ1) is 7.09. The van der Waals surface area contributed by atoms with Crippen molar-refractivity contribution in [3.05, 3.63) is 17.9 Å². The van der Waals surface area contributed by atoms with Crippen LogP contribution in [0, 0.1) is 17.3 Å². The molecule has 15 heavy (non-hydrogen) atoms. The van der Waals surface area contributed by atoms with Gasteiger partial charge in [-0.05, 0) is 35.7 Å². The fourth-order valence-corrected chi connectivity index (χ4v) is 3.05. The summed E-state index contributed by atoms with van der Waals surface area (Å²) in [5, 5.41) is 3.75. The second-order valence-electron chi connectivity index (χ2n) is 5.32. The molecule has 0 aromatic carbocycles. The van der Waals surface area contributed by atoms with Gasteiger partial charge in [0, 0.05) is 6.07 Å². The number of fused-ring (bicyclic) bond motifs is 1. The van der Waals surface area contributed by atoms with E-state index in [4.69, 9.17) is 10.3 Å². The second-order valence-corrected chi connectivity index (χ2v) is 5.32. The normalized spacial score (nSPS) is 32.0. The van der Waals surface area contributed by atoms with Gasteiger partial charge in [-0.3, -0.25) is 0 Å². The molecular weight excluding hydrogens is 188 g/mol. The molecule has 3 aliphatic carbocycles. The van der Waals surface area contributed by atoms with Crippen LogP contribution in [0.25, 0.3) is 5.57 Å². The SMILES string of the molecule is CC1(C)C2CC=C(c3cc(N)no3)C1C2. The quantitative estimate of drug-likeness (QED) is 0.765. The first-order valence-electron chi connectivity index (χ1n) is 5.51. The highest BCUT2D eigenvalue weighted by Crippen LogP contribution is 2.61. The van der Waals surface area contributed by atoms with Crippen molar-refractivity contribution >= 4 is 11.4 Å². The Morgan fingerprint density at radius 3 is 2.87 bits per heavy atom. The molecule has 80 valence electrons. The van der Waals surface area contributed by atoms with E-state index in [9.17, 15) is 0 Å². The fraction of sp³-hybridized carbons (Fsp3) is 0.583. The topological polar surface area (TPSA) is 52.0 Å². The first kappa shape index (κ1) is 9.01. The van der Waals surface area contributed by atoms with Crippen molar-refractivity contribution in [2.75, 3.05) is 5.73 Å². The number of allylic oxidation sites excluding steroid dienone is 2. The number of hydrogen-bond acceptors (Lipinski definition) is 3. The van der Waals surface area contributed by atoms with E-state index in [0.29, 0.717) is 17.2 Å². The van der Waals surface area contributed by atoms with Crippen LogP contribution in [0.15, 0.2) is 16.7 Å². The summed E-state index contributed by atoms with van der Waals surface area (Å²) in [5.41, 5.74) is 7.31. The van der Waals surface area contributed by atoms with Gasteiger partial charge in [-0.15, -0.1) is 0 Å². The van der Waals surface area contributed by atoms with Crippen LogP contribution in [0.3, 0.4) is 0 Å². The zero-order chi connectivity index (χ0) is 10.6. The Bertz CT molecular complexity index is 431. The Labute approximate surface area is 89.3 Å². The lowest BCUT2D eigenvalue weighted by molar-refractivity contribution is 0.00995. The molecule has 0 spiro atoms. The molecule has 1 heterocycles. The maximum atomic E-state index is 5.58. The summed E-state index contributed by atoms with van der Waals surface area (Å²) in [6.07, 6.45) is 4.75. The van der Waals surface area contributed by atoms with E-state index in [1.54, 1.807) is 0 Å². The Morgan fingerprint density at radius 2 is 2.33 bits per heavy atom. The molecule has 0 saturated heterocycles. The molecule has 0 radical (unpaired) electrons. The molecule has 2 unspecified atom stereocenters. The van der Waals surface area contributed by atoms with Gasteiger partial charge in [-0.1, -0.05) is 25.1 Å². The number of nitrogen functional groups attached to an aromatic ring is 1. The summed E-state index contributed by atoms with van der Waals surface area (Å²) < 4.78 is 5.25. The summed E-state index contributed by atoms with van der Waals surface area (Å²) in [6.45, 7) is 4.69. The zero-order valence-corrected chi connectivity index (χ0v) is 9.16. The Kier molecular flexibility index (Phi) is 1.59. The molecular formula is C12H16N2O. The summed E-state index contributed by atoms with van der Waals surface area (Å²) in [5.74, 6) is 2.82. The van der Waals surface area contributed by atoms with Crippen molar-refractivity contribution in [1.29, 1.82) is 0 Å². The Balaban J connectivity index is 1.98. The van der Waals surface area contributed by atoms with E-state index >= 15 is 0 Å². The third-order valence-corrected chi connectivity index (χ3v) is 4.28. The molecule has 4 rings (SSSR count). The van der Waals surface area contributed by atoms with Gasteiger partial charge < -0.3 is 10.3 Å². The van der Waals surface area contributed by atoms with E-state index < -0.39 is 0 Å². The van der Waals surface area contributed by atoms with Crippen LogP contribution in [0.4, 0.5) is 5.82 Å². The summed E-state index contributed by atoms with van der Waals surface area (Å²) in [4.78, 5) is 0. The summed E-state index contributed by atoms with van der Waals surface area (Å²) >= 11 is 0. The third-order valence-electron chi connectivity index (χ3n) is 4.28. The van der Waals surface area contributed by atoms with Gasteiger partial charge in [0.2, 0.25) is 0 Å². The lowest BCUT2D eigenvalue weighted by Crippen LogP contribution is -2.47. The zero-order valence-electron chi connectivity index (χ0n) is 9.16. The molecule has 1 saturated carbocycles. The molecule has 0 amide bonds. The van der Waals surface area contributed by atoms with E-state index in [2.05, 4.69) is 25.1 Å². The Morgan fingerprint density at radius 1 is 1.53 bits per heavy atom. The number of anilines is 1. The van der Waals surface area contributed by atoms with Gasteiger partial charge in [-0.25, -0.2) is 0 Å². The highest BCUT2D eigenvalue weighted by molar-refractivity contribution is 5.68. The maximum absolute atomic E-state index is 5.58. The fourth-order valence-electron chi connectivity index (χ4n) is 3.05. The van der Waals surface area contributed by atoms with E-state index in [-0.39, 0.29) is 0 Å². The van der Waals surface area contributed by atoms with Crippen molar-refractivity contribution in [3.63, 3.8) is 0 Å². The first-order valence-corrected chi connectivity index (χ1v) is 5.51. The van der Waals surface area contributed by atoms with Crippen LogP contribution in [0.5, 0.6) is 0 Å². The third kappa shape index (κ3) is 1.09. The lowest BCUT2D eigenvalue weighted by atomic mass is 9.48. The smallest absolute Gasteiger partial charge is 0.167 e. The molecule has 1 aromatic heterocycles. The summed E-state index contributed by atoms with van der Waals surface area (Å²) in [7, 11) is 0. The largest absolute Gasteiger partial charge is 0.381 e. The van der Waals surface area contributed by atoms with Crippen molar-refractivity contribution < 1.29 is 4.52 Å².